The maximum atomic E-state index is 9.74. The van der Waals surface area contributed by atoms with Crippen LogP contribution in [0.3, 0.4) is 0 Å². The van der Waals surface area contributed by atoms with E-state index in [1.165, 1.54) is 0 Å². The molecule has 0 atom stereocenters. The lowest BCUT2D eigenvalue weighted by Crippen LogP contribution is -1.94. The molecule has 3 rings (SSSR count). The number of phenols is 1. The molecule has 2 aromatic carbocycles. The van der Waals surface area contributed by atoms with Crippen molar-refractivity contribution in [2.24, 2.45) is 0 Å². The molecule has 0 amide bonds. The number of benzene rings is 2. The smallest absolute Gasteiger partial charge is 0.163 e. The van der Waals surface area contributed by atoms with Crippen molar-refractivity contribution in [1.82, 2.24) is 4.98 Å². The number of H-pyrrole nitrogens is 1. The fraction of sp³-hybridized carbons (Fsp3) is 0.0588. The monoisotopic (exact) mass is 263 g/mol. The van der Waals surface area contributed by atoms with E-state index in [0.29, 0.717) is 5.75 Å². The summed E-state index contributed by atoms with van der Waals surface area (Å²) in [6.45, 7) is 0.129. The molecule has 0 bridgehead atoms. The molecule has 3 heteroatoms. The molecule has 0 aliphatic heterocycles. The SMILES string of the molecule is C#CCOc1cc(-c2cc3ccccc3[nH]2)ccc1O. The highest BCUT2D eigenvalue weighted by Gasteiger charge is 2.07. The summed E-state index contributed by atoms with van der Waals surface area (Å²) in [7, 11) is 0. The van der Waals surface area contributed by atoms with Gasteiger partial charge in [0, 0.05) is 22.2 Å². The van der Waals surface area contributed by atoms with E-state index in [0.717, 1.165) is 22.2 Å². The third-order valence-electron chi connectivity index (χ3n) is 3.11. The summed E-state index contributed by atoms with van der Waals surface area (Å²) in [5, 5.41) is 10.9. The molecule has 98 valence electrons. The quantitative estimate of drug-likeness (QED) is 0.710. The maximum absolute atomic E-state index is 9.74. The van der Waals surface area contributed by atoms with Crippen LogP contribution in [-0.4, -0.2) is 16.7 Å². The lowest BCUT2D eigenvalue weighted by Gasteiger charge is -2.07. The highest BCUT2D eigenvalue weighted by molar-refractivity contribution is 5.86. The molecule has 0 unspecified atom stereocenters. The number of rotatable bonds is 3. The second-order valence-electron chi connectivity index (χ2n) is 4.45. The Kier molecular flexibility index (Phi) is 3.06. The second-order valence-corrected chi connectivity index (χ2v) is 4.45. The van der Waals surface area contributed by atoms with E-state index in [4.69, 9.17) is 11.2 Å². The summed E-state index contributed by atoms with van der Waals surface area (Å²) in [5.41, 5.74) is 2.98. The van der Waals surface area contributed by atoms with Crippen molar-refractivity contribution >= 4 is 10.9 Å². The number of terminal acetylenes is 1. The molecule has 0 saturated carbocycles. The molecule has 20 heavy (non-hydrogen) atoms. The minimum Gasteiger partial charge on any atom is -0.504 e. The molecular formula is C17H13NO2. The second kappa shape index (κ2) is 5.02. The van der Waals surface area contributed by atoms with Crippen molar-refractivity contribution < 1.29 is 9.84 Å². The summed E-state index contributed by atoms with van der Waals surface area (Å²) in [6, 6.07) is 15.3. The van der Waals surface area contributed by atoms with Crippen molar-refractivity contribution in [2.75, 3.05) is 6.61 Å². The third-order valence-corrected chi connectivity index (χ3v) is 3.11. The Morgan fingerprint density at radius 1 is 1.15 bits per heavy atom. The molecule has 3 nitrogen and oxygen atoms in total. The number of nitrogens with one attached hydrogen (secondary N) is 1. The van der Waals surface area contributed by atoms with Crippen LogP contribution in [-0.2, 0) is 0 Å². The molecule has 0 saturated heterocycles. The normalized spacial score (nSPS) is 10.3. The van der Waals surface area contributed by atoms with Gasteiger partial charge in [-0.3, -0.25) is 0 Å². The van der Waals surface area contributed by atoms with Crippen LogP contribution < -0.4 is 4.74 Å². The standard InChI is InChI=1S/C17H13NO2/c1-2-9-20-17-11-13(7-8-16(17)19)15-10-12-5-3-4-6-14(12)18-15/h1,3-8,10-11,18-19H,9H2. The zero-order valence-electron chi connectivity index (χ0n) is 10.8. The number of phenolic OH excluding ortho intramolecular Hbond substituents is 1. The van der Waals surface area contributed by atoms with Gasteiger partial charge in [0.25, 0.3) is 0 Å². The topological polar surface area (TPSA) is 45.2 Å². The molecule has 3 aromatic rings. The van der Waals surface area contributed by atoms with E-state index < -0.39 is 0 Å². The Hall–Kier alpha value is -2.86. The van der Waals surface area contributed by atoms with Gasteiger partial charge < -0.3 is 14.8 Å². The Morgan fingerprint density at radius 2 is 2.00 bits per heavy atom. The predicted molar refractivity (Wildman–Crippen MR) is 79.7 cm³/mol. The Morgan fingerprint density at radius 3 is 2.80 bits per heavy atom. The summed E-state index contributed by atoms with van der Waals surface area (Å²) < 4.78 is 5.32. The van der Waals surface area contributed by atoms with Crippen molar-refractivity contribution in [3.05, 3.63) is 48.5 Å². The third kappa shape index (κ3) is 2.19. The van der Waals surface area contributed by atoms with Gasteiger partial charge in [0.1, 0.15) is 6.61 Å². The Labute approximate surface area is 116 Å². The summed E-state index contributed by atoms with van der Waals surface area (Å²) in [6.07, 6.45) is 5.16. The van der Waals surface area contributed by atoms with Crippen LogP contribution in [0.25, 0.3) is 22.2 Å². The van der Waals surface area contributed by atoms with Gasteiger partial charge in [-0.1, -0.05) is 24.1 Å². The van der Waals surface area contributed by atoms with Crippen LogP contribution in [0.1, 0.15) is 0 Å². The first-order valence-corrected chi connectivity index (χ1v) is 6.25. The van der Waals surface area contributed by atoms with Crippen LogP contribution in [0, 0.1) is 12.3 Å². The number of para-hydroxylation sites is 1. The number of fused-ring (bicyclic) bond motifs is 1. The first kappa shape index (κ1) is 12.2. The number of aromatic nitrogens is 1. The van der Waals surface area contributed by atoms with E-state index in [1.54, 1.807) is 12.1 Å². The van der Waals surface area contributed by atoms with E-state index in [9.17, 15) is 5.11 Å². The summed E-state index contributed by atoms with van der Waals surface area (Å²) in [4.78, 5) is 3.34. The van der Waals surface area contributed by atoms with Gasteiger partial charge >= 0.3 is 0 Å². The van der Waals surface area contributed by atoms with Gasteiger partial charge in [-0.15, -0.1) is 6.42 Å². The summed E-state index contributed by atoms with van der Waals surface area (Å²) in [5.74, 6) is 2.85. The Bertz CT molecular complexity index is 763. The number of hydrogen-bond donors (Lipinski definition) is 2. The van der Waals surface area contributed by atoms with Gasteiger partial charge in [0.15, 0.2) is 11.5 Å². The van der Waals surface area contributed by atoms with Crippen molar-refractivity contribution in [1.29, 1.82) is 0 Å². The average molecular weight is 263 g/mol. The predicted octanol–water partition coefficient (Wildman–Crippen LogP) is 3.55. The van der Waals surface area contributed by atoms with E-state index in [1.807, 2.05) is 30.3 Å². The van der Waals surface area contributed by atoms with Crippen LogP contribution >= 0.6 is 0 Å². The highest BCUT2D eigenvalue weighted by atomic mass is 16.5. The summed E-state index contributed by atoms with van der Waals surface area (Å²) >= 11 is 0. The minimum absolute atomic E-state index is 0.0834. The van der Waals surface area contributed by atoms with Crippen molar-refractivity contribution in [2.45, 2.75) is 0 Å². The lowest BCUT2D eigenvalue weighted by atomic mass is 10.1. The first-order chi connectivity index (χ1) is 9.78. The van der Waals surface area contributed by atoms with Gasteiger partial charge in [0.2, 0.25) is 0 Å². The molecule has 0 spiro atoms. The molecule has 0 fully saturated rings. The number of aromatic amines is 1. The first-order valence-electron chi connectivity index (χ1n) is 6.25. The number of ether oxygens (including phenoxy) is 1. The fourth-order valence-electron chi connectivity index (χ4n) is 2.15. The van der Waals surface area contributed by atoms with Gasteiger partial charge in [-0.05, 0) is 30.3 Å². The molecule has 0 aliphatic rings. The maximum Gasteiger partial charge on any atom is 0.163 e. The molecule has 0 aliphatic carbocycles. The van der Waals surface area contributed by atoms with Gasteiger partial charge in [-0.25, -0.2) is 0 Å². The average Bonchev–Trinajstić information content (AvgIpc) is 2.90. The molecule has 0 radical (unpaired) electrons. The zero-order chi connectivity index (χ0) is 13.9. The van der Waals surface area contributed by atoms with E-state index in [2.05, 4.69) is 17.0 Å². The molecule has 1 aromatic heterocycles. The van der Waals surface area contributed by atoms with Crippen LogP contribution in [0.15, 0.2) is 48.5 Å². The minimum atomic E-state index is 0.0834. The molecular weight excluding hydrogens is 250 g/mol. The van der Waals surface area contributed by atoms with Crippen LogP contribution in [0.2, 0.25) is 0 Å². The van der Waals surface area contributed by atoms with Gasteiger partial charge in [0.05, 0.1) is 0 Å². The van der Waals surface area contributed by atoms with Crippen LogP contribution in [0.4, 0.5) is 0 Å². The van der Waals surface area contributed by atoms with Crippen molar-refractivity contribution in [3.63, 3.8) is 0 Å². The Balaban J connectivity index is 2.03. The largest absolute Gasteiger partial charge is 0.504 e. The highest BCUT2D eigenvalue weighted by Crippen LogP contribution is 2.32. The molecule has 2 N–H and O–H groups in total. The number of hydrogen-bond acceptors (Lipinski definition) is 2. The molecule has 1 heterocycles. The lowest BCUT2D eigenvalue weighted by molar-refractivity contribution is 0.342. The van der Waals surface area contributed by atoms with E-state index in [-0.39, 0.29) is 12.4 Å². The van der Waals surface area contributed by atoms with Crippen molar-refractivity contribution in [3.8, 4) is 35.1 Å². The fourth-order valence-corrected chi connectivity index (χ4v) is 2.15. The number of aromatic hydroxyl groups is 1. The van der Waals surface area contributed by atoms with Crippen LogP contribution in [0.5, 0.6) is 11.5 Å². The van der Waals surface area contributed by atoms with E-state index >= 15 is 0 Å². The zero-order valence-corrected chi connectivity index (χ0v) is 10.8. The van der Waals surface area contributed by atoms with Gasteiger partial charge in [-0.2, -0.15) is 0 Å².